The van der Waals surface area contributed by atoms with E-state index in [4.69, 9.17) is 4.74 Å². The first kappa shape index (κ1) is 19.2. The largest absolute Gasteiger partial charge is 0.504 e. The minimum Gasteiger partial charge on any atom is -0.504 e. The molecule has 0 atom stereocenters. The molecule has 0 saturated carbocycles. The van der Waals surface area contributed by atoms with E-state index in [1.54, 1.807) is 18.2 Å². The second-order valence-corrected chi connectivity index (χ2v) is 8.42. The van der Waals surface area contributed by atoms with Gasteiger partial charge in [-0.05, 0) is 69.8 Å². The molecule has 2 aromatic carbocycles. The Balaban J connectivity index is 1.88. The van der Waals surface area contributed by atoms with Crippen LogP contribution in [0.25, 0.3) is 6.08 Å². The van der Waals surface area contributed by atoms with Crippen molar-refractivity contribution < 1.29 is 19.4 Å². The summed E-state index contributed by atoms with van der Waals surface area (Å²) in [6.45, 7) is 0.208. The van der Waals surface area contributed by atoms with E-state index >= 15 is 0 Å². The summed E-state index contributed by atoms with van der Waals surface area (Å²) in [5, 5.41) is 9.61. The number of imide groups is 1. The zero-order valence-corrected chi connectivity index (χ0v) is 18.1. The Labute approximate surface area is 176 Å². The lowest BCUT2D eigenvalue weighted by molar-refractivity contribution is -0.123. The maximum absolute atomic E-state index is 12.7. The number of rotatable bonds is 4. The van der Waals surface area contributed by atoms with E-state index in [9.17, 15) is 14.7 Å². The number of benzene rings is 2. The van der Waals surface area contributed by atoms with Crippen LogP contribution in [0.3, 0.4) is 0 Å². The molecule has 1 N–H and O–H groups in total. The summed E-state index contributed by atoms with van der Waals surface area (Å²) < 4.78 is 6.58. The molecule has 0 bridgehead atoms. The van der Waals surface area contributed by atoms with Crippen LogP contribution in [-0.4, -0.2) is 28.3 Å². The molecule has 2 aromatic rings. The first-order valence-corrected chi connectivity index (χ1v) is 10.1. The first-order valence-electron chi connectivity index (χ1n) is 7.46. The molecular formula is C18H13BrINO4S. The van der Waals surface area contributed by atoms with Gasteiger partial charge in [-0.15, -0.1) is 0 Å². The van der Waals surface area contributed by atoms with E-state index in [0.717, 1.165) is 21.8 Å². The van der Waals surface area contributed by atoms with Crippen LogP contribution >= 0.6 is 50.3 Å². The fourth-order valence-electron chi connectivity index (χ4n) is 2.42. The number of aromatic hydroxyl groups is 1. The molecule has 3 rings (SSSR count). The molecule has 1 aliphatic rings. The van der Waals surface area contributed by atoms with E-state index < -0.39 is 0 Å². The molecule has 0 aliphatic carbocycles. The molecule has 0 spiro atoms. The van der Waals surface area contributed by atoms with Gasteiger partial charge in [-0.25, -0.2) is 0 Å². The molecule has 1 aliphatic heterocycles. The standard InChI is InChI=1S/C18H13BrINO4S/c1-25-14-7-10(6-13(20)16(14)22)8-15-17(23)21(18(24)26-15)9-11-4-2-3-5-12(11)19/h2-8,22H,9H2,1H3/b15-8-. The SMILES string of the molecule is COc1cc(/C=C2\SC(=O)N(Cc3ccccc3Br)C2=O)cc(I)c1O. The van der Waals surface area contributed by atoms with Crippen molar-refractivity contribution in [3.05, 3.63) is 60.5 Å². The molecule has 8 heteroatoms. The minimum atomic E-state index is -0.335. The third kappa shape index (κ3) is 3.91. The molecule has 0 radical (unpaired) electrons. The summed E-state index contributed by atoms with van der Waals surface area (Å²) in [5.41, 5.74) is 1.53. The van der Waals surface area contributed by atoms with Crippen molar-refractivity contribution in [3.63, 3.8) is 0 Å². The summed E-state index contributed by atoms with van der Waals surface area (Å²) in [6, 6.07) is 10.8. The van der Waals surface area contributed by atoms with Crippen LogP contribution in [0.4, 0.5) is 4.79 Å². The second kappa shape index (κ2) is 8.01. The monoisotopic (exact) mass is 545 g/mol. The normalized spacial score (nSPS) is 15.8. The predicted octanol–water partition coefficient (Wildman–Crippen LogP) is 5.00. The molecule has 2 amide bonds. The van der Waals surface area contributed by atoms with Crippen molar-refractivity contribution in [2.45, 2.75) is 6.54 Å². The van der Waals surface area contributed by atoms with Crippen LogP contribution in [0.15, 0.2) is 45.8 Å². The van der Waals surface area contributed by atoms with Crippen LogP contribution < -0.4 is 4.74 Å². The van der Waals surface area contributed by atoms with Gasteiger partial charge >= 0.3 is 0 Å². The average Bonchev–Trinajstić information content (AvgIpc) is 2.87. The van der Waals surface area contributed by atoms with Gasteiger partial charge in [-0.2, -0.15) is 0 Å². The summed E-state index contributed by atoms with van der Waals surface area (Å²) in [6.07, 6.45) is 1.63. The zero-order chi connectivity index (χ0) is 18.8. The van der Waals surface area contributed by atoms with Crippen molar-refractivity contribution in [2.24, 2.45) is 0 Å². The van der Waals surface area contributed by atoms with E-state index in [1.807, 2.05) is 46.9 Å². The van der Waals surface area contributed by atoms with Crippen LogP contribution in [0.1, 0.15) is 11.1 Å². The quantitative estimate of drug-likeness (QED) is 0.432. The molecule has 26 heavy (non-hydrogen) atoms. The Morgan fingerprint density at radius 1 is 1.31 bits per heavy atom. The van der Waals surface area contributed by atoms with Gasteiger partial charge in [0.05, 0.1) is 22.1 Å². The van der Waals surface area contributed by atoms with E-state index in [2.05, 4.69) is 15.9 Å². The van der Waals surface area contributed by atoms with Gasteiger partial charge in [0.15, 0.2) is 11.5 Å². The number of methoxy groups -OCH3 is 1. The van der Waals surface area contributed by atoms with E-state index in [0.29, 0.717) is 19.8 Å². The second-order valence-electron chi connectivity index (χ2n) is 5.41. The van der Waals surface area contributed by atoms with Gasteiger partial charge in [0.25, 0.3) is 11.1 Å². The topological polar surface area (TPSA) is 66.8 Å². The molecule has 1 saturated heterocycles. The van der Waals surface area contributed by atoms with Crippen molar-refractivity contribution in [1.29, 1.82) is 0 Å². The predicted molar refractivity (Wildman–Crippen MR) is 113 cm³/mol. The molecule has 1 fully saturated rings. The van der Waals surface area contributed by atoms with Crippen LogP contribution in [-0.2, 0) is 11.3 Å². The van der Waals surface area contributed by atoms with Gasteiger partial charge in [0, 0.05) is 4.47 Å². The Bertz CT molecular complexity index is 931. The summed E-state index contributed by atoms with van der Waals surface area (Å²) in [7, 11) is 1.46. The number of hydrogen-bond donors (Lipinski definition) is 1. The van der Waals surface area contributed by atoms with Gasteiger partial charge in [-0.1, -0.05) is 34.1 Å². The van der Waals surface area contributed by atoms with E-state index in [1.165, 1.54) is 12.0 Å². The van der Waals surface area contributed by atoms with Gasteiger partial charge in [-0.3, -0.25) is 14.5 Å². The third-order valence-electron chi connectivity index (χ3n) is 3.73. The fraction of sp³-hybridized carbons (Fsp3) is 0.111. The lowest BCUT2D eigenvalue weighted by Crippen LogP contribution is -2.27. The van der Waals surface area contributed by atoms with Crippen molar-refractivity contribution in [1.82, 2.24) is 4.90 Å². The Kier molecular flexibility index (Phi) is 5.93. The number of ether oxygens (including phenoxy) is 1. The number of carbonyl (C=O) groups is 2. The summed E-state index contributed by atoms with van der Waals surface area (Å²) in [5.74, 6) is 0.0284. The van der Waals surface area contributed by atoms with Gasteiger partial charge in [0.1, 0.15) is 0 Å². The number of amides is 2. The zero-order valence-electron chi connectivity index (χ0n) is 13.5. The molecule has 0 unspecified atom stereocenters. The molecule has 1 heterocycles. The number of carbonyl (C=O) groups excluding carboxylic acids is 2. The Morgan fingerprint density at radius 2 is 2.04 bits per heavy atom. The summed E-state index contributed by atoms with van der Waals surface area (Å²) >= 11 is 6.32. The van der Waals surface area contributed by atoms with Crippen molar-refractivity contribution in [3.8, 4) is 11.5 Å². The molecule has 0 aromatic heterocycles. The molecule has 5 nitrogen and oxygen atoms in total. The molecular weight excluding hydrogens is 533 g/mol. The highest BCUT2D eigenvalue weighted by molar-refractivity contribution is 14.1. The lowest BCUT2D eigenvalue weighted by atomic mass is 10.1. The van der Waals surface area contributed by atoms with E-state index in [-0.39, 0.29) is 23.4 Å². The maximum Gasteiger partial charge on any atom is 0.293 e. The number of nitrogens with zero attached hydrogens (tertiary/aromatic N) is 1. The fourth-order valence-corrected chi connectivity index (χ4v) is 4.29. The van der Waals surface area contributed by atoms with Crippen molar-refractivity contribution >= 4 is 67.5 Å². The number of hydrogen-bond acceptors (Lipinski definition) is 5. The third-order valence-corrected chi connectivity index (χ3v) is 6.23. The van der Waals surface area contributed by atoms with Crippen LogP contribution in [0.5, 0.6) is 11.5 Å². The number of phenolic OH excluding ortho intramolecular Hbond substituents is 1. The minimum absolute atomic E-state index is 0.0484. The maximum atomic E-state index is 12.7. The van der Waals surface area contributed by atoms with Gasteiger partial charge < -0.3 is 9.84 Å². The first-order chi connectivity index (χ1) is 12.4. The Morgan fingerprint density at radius 3 is 2.73 bits per heavy atom. The highest BCUT2D eigenvalue weighted by Gasteiger charge is 2.35. The highest BCUT2D eigenvalue weighted by Crippen LogP contribution is 2.37. The molecule has 134 valence electrons. The number of phenols is 1. The number of halogens is 2. The summed E-state index contributed by atoms with van der Waals surface area (Å²) in [4.78, 5) is 26.5. The average molecular weight is 546 g/mol. The van der Waals surface area contributed by atoms with Crippen molar-refractivity contribution in [2.75, 3.05) is 7.11 Å². The highest BCUT2D eigenvalue weighted by atomic mass is 127. The smallest absolute Gasteiger partial charge is 0.293 e. The van der Waals surface area contributed by atoms with Crippen LogP contribution in [0, 0.1) is 3.57 Å². The Hall–Kier alpha value is -1.52. The lowest BCUT2D eigenvalue weighted by Gasteiger charge is -2.13. The van der Waals surface area contributed by atoms with Gasteiger partial charge in [0.2, 0.25) is 0 Å². The van der Waals surface area contributed by atoms with Crippen LogP contribution in [0.2, 0.25) is 0 Å². The number of thioether (sulfide) groups is 1.